The molecule has 1 aliphatic heterocycles. The molecule has 3 heterocycles. The van der Waals surface area contributed by atoms with Gasteiger partial charge in [0.05, 0.1) is 35.1 Å². The molecule has 0 bridgehead atoms. The highest BCUT2D eigenvalue weighted by Crippen LogP contribution is 3.06. The zero-order valence-corrected chi connectivity index (χ0v) is 28.8. The minimum atomic E-state index is -0.657. The van der Waals surface area contributed by atoms with Crippen molar-refractivity contribution in [1.29, 1.82) is 0 Å². The molecule has 0 unspecified atom stereocenters. The van der Waals surface area contributed by atoms with Crippen molar-refractivity contribution >= 4 is 12.0 Å². The van der Waals surface area contributed by atoms with E-state index in [1.165, 1.54) is 0 Å². The van der Waals surface area contributed by atoms with Crippen LogP contribution in [0.4, 0.5) is 9.18 Å². The minimum absolute atomic E-state index is 0.0329. The number of fused-ring (bicyclic) bond motifs is 1. The van der Waals surface area contributed by atoms with Crippen LogP contribution in [0, 0.1) is 55.2 Å². The monoisotopic (exact) mass is 658 g/mol. The Morgan fingerprint density at radius 1 is 1.06 bits per heavy atom. The third kappa shape index (κ3) is 3.11. The number of benzene rings is 1. The van der Waals surface area contributed by atoms with E-state index in [0.717, 1.165) is 11.3 Å². The molecule has 6 aliphatic carbocycles. The van der Waals surface area contributed by atoms with Gasteiger partial charge < -0.3 is 19.3 Å². The van der Waals surface area contributed by atoms with Gasteiger partial charge in [-0.3, -0.25) is 13.9 Å². The topological polar surface area (TPSA) is 104 Å². The summed E-state index contributed by atoms with van der Waals surface area (Å²) >= 11 is 0. The molecule has 12 heteroatoms. The predicted molar refractivity (Wildman–Crippen MR) is 173 cm³/mol. The Bertz CT molecular complexity index is 1920. The average Bonchev–Trinajstić information content (AvgIpc) is 3.59. The highest BCUT2D eigenvalue weighted by Gasteiger charge is 3.12. The van der Waals surface area contributed by atoms with Crippen molar-refractivity contribution < 1.29 is 23.5 Å². The Kier molecular flexibility index (Phi) is 5.77. The molecule has 0 radical (unpaired) electrons. The summed E-state index contributed by atoms with van der Waals surface area (Å²) in [4.78, 5) is 44.5. The Hall–Kier alpha value is -3.93. The minimum Gasteiger partial charge on any atom is -0.444 e. The molecule has 3 aromatic rings. The van der Waals surface area contributed by atoms with E-state index >= 15 is 0 Å². The van der Waals surface area contributed by atoms with Crippen LogP contribution in [0.3, 0.4) is 0 Å². The predicted octanol–water partition coefficient (Wildman–Crippen LogP) is 4.13. The van der Waals surface area contributed by atoms with Gasteiger partial charge in [0.1, 0.15) is 17.2 Å². The summed E-state index contributed by atoms with van der Waals surface area (Å²) < 4.78 is 31.3. The van der Waals surface area contributed by atoms with Crippen LogP contribution in [-0.4, -0.2) is 78.7 Å². The first-order chi connectivity index (χ1) is 22.7. The van der Waals surface area contributed by atoms with Gasteiger partial charge in [0.2, 0.25) is 5.91 Å². The van der Waals surface area contributed by atoms with Crippen LogP contribution < -0.4 is 5.69 Å². The number of rotatable bonds is 7. The molecular formula is C36H43FN6O5. The first-order valence-electron chi connectivity index (χ1n) is 17.2. The summed E-state index contributed by atoms with van der Waals surface area (Å²) in [5, 5.41) is 5.02. The van der Waals surface area contributed by atoms with Gasteiger partial charge in [-0.05, 0) is 100 Å². The number of methoxy groups -OCH3 is 1. The van der Waals surface area contributed by atoms with E-state index in [4.69, 9.17) is 14.6 Å². The lowest BCUT2D eigenvalue weighted by atomic mass is 8.95. The van der Waals surface area contributed by atoms with E-state index in [1.54, 1.807) is 54.2 Å². The molecule has 7 aliphatic rings. The van der Waals surface area contributed by atoms with Crippen molar-refractivity contribution in [2.75, 3.05) is 26.8 Å². The number of amides is 2. The van der Waals surface area contributed by atoms with E-state index in [0.29, 0.717) is 84.3 Å². The maximum Gasteiger partial charge on any atom is 0.410 e. The molecule has 0 N–H and O–H groups in total. The Labute approximate surface area is 278 Å². The average molecular weight is 659 g/mol. The first kappa shape index (κ1) is 30.2. The van der Waals surface area contributed by atoms with Crippen LogP contribution in [0.5, 0.6) is 0 Å². The molecule has 48 heavy (non-hydrogen) atoms. The van der Waals surface area contributed by atoms with E-state index in [2.05, 4.69) is 4.90 Å². The fourth-order valence-electron chi connectivity index (χ4n) is 11.8. The maximum absolute atomic E-state index is 14.8. The zero-order valence-electron chi connectivity index (χ0n) is 28.8. The van der Waals surface area contributed by atoms with Gasteiger partial charge in [-0.15, -0.1) is 0 Å². The number of aryl methyl sites for hydroxylation is 2. The van der Waals surface area contributed by atoms with Crippen LogP contribution in [0.25, 0.3) is 11.5 Å². The van der Waals surface area contributed by atoms with Crippen LogP contribution in [-0.2, 0) is 26.2 Å². The number of ether oxygens (including phenoxy) is 2. The summed E-state index contributed by atoms with van der Waals surface area (Å²) in [6, 6.07) is 3.09. The fourth-order valence-corrected chi connectivity index (χ4v) is 11.8. The number of carbonyl (C=O) groups excluding carboxylic acids is 2. The molecule has 6 fully saturated rings. The van der Waals surface area contributed by atoms with Crippen LogP contribution in [0.15, 0.2) is 29.3 Å². The van der Waals surface area contributed by atoms with Crippen molar-refractivity contribution in [2.24, 2.45) is 35.5 Å². The second-order valence-corrected chi connectivity index (χ2v) is 16.0. The second kappa shape index (κ2) is 9.19. The van der Waals surface area contributed by atoms with Crippen molar-refractivity contribution in [1.82, 2.24) is 28.7 Å². The Morgan fingerprint density at radius 3 is 2.25 bits per heavy atom. The standard InChI is InChI=1S/C36H43FN6O5/c1-17-15-21(16-18(2)30(17)37)43-31(23-19(3)39(10-9-22(23)38-43)33(46)48-34(5,6)7)40-11-12-42(32(40)45)36-27-24-28(36)26-29(36)25(27)35(24,26)41(20(4)44)13-14-47-8/h11-12,15-16,19,24-29H,9-10,13-14H2,1-8H3/t19-,24?,25?,26?,27?,28?,29?,35?,36?/m0/s1. The largest absolute Gasteiger partial charge is 0.444 e. The van der Waals surface area contributed by atoms with Gasteiger partial charge in [-0.25, -0.2) is 18.7 Å². The van der Waals surface area contributed by atoms with Gasteiger partial charge in [-0.2, -0.15) is 5.10 Å². The molecule has 6 saturated carbocycles. The molecule has 1 atom stereocenters. The van der Waals surface area contributed by atoms with Crippen molar-refractivity contribution in [3.63, 3.8) is 0 Å². The van der Waals surface area contributed by atoms with Crippen LogP contribution >= 0.6 is 0 Å². The molecule has 2 amide bonds. The number of imidazole rings is 1. The highest BCUT2D eigenvalue weighted by molar-refractivity contribution is 5.78. The third-order valence-electron chi connectivity index (χ3n) is 13.1. The van der Waals surface area contributed by atoms with Gasteiger partial charge >= 0.3 is 11.8 Å². The number of hydrogen-bond donors (Lipinski definition) is 0. The number of carbonyl (C=O) groups is 2. The molecule has 11 nitrogen and oxygen atoms in total. The fraction of sp³-hybridized carbons (Fsp3) is 0.611. The smallest absolute Gasteiger partial charge is 0.410 e. The number of hydrogen-bond acceptors (Lipinski definition) is 6. The SMILES string of the molecule is COCCN(C(C)=O)C12C3C4C1C1C2C3C41n1ccn(-c2c3c(nn2-c2cc(C)c(F)c(C)c2)CCN(C(=O)OC(C)(C)C)[C@H]3C)c1=O. The lowest BCUT2D eigenvalue weighted by molar-refractivity contribution is -0.629. The number of aromatic nitrogens is 4. The summed E-state index contributed by atoms with van der Waals surface area (Å²) in [7, 11) is 1.67. The lowest BCUT2D eigenvalue weighted by Gasteiger charge is -3.11. The normalized spacial score (nSPS) is 34.2. The molecule has 0 spiro atoms. The first-order valence-corrected chi connectivity index (χ1v) is 17.2. The molecule has 1 aromatic carbocycles. The van der Waals surface area contributed by atoms with Crippen molar-refractivity contribution in [2.45, 2.75) is 77.6 Å². The Morgan fingerprint density at radius 2 is 1.69 bits per heavy atom. The third-order valence-corrected chi connectivity index (χ3v) is 13.1. The second-order valence-electron chi connectivity index (χ2n) is 16.0. The van der Waals surface area contributed by atoms with Crippen molar-refractivity contribution in [3.05, 3.63) is 63.2 Å². The molecule has 2 aromatic heterocycles. The van der Waals surface area contributed by atoms with Gasteiger partial charge in [0, 0.05) is 51.5 Å². The van der Waals surface area contributed by atoms with E-state index in [1.807, 2.05) is 44.7 Å². The lowest BCUT2D eigenvalue weighted by Crippen LogP contribution is -3.17. The van der Waals surface area contributed by atoms with Gasteiger partial charge in [-0.1, -0.05) is 0 Å². The van der Waals surface area contributed by atoms with Crippen LogP contribution in [0.2, 0.25) is 0 Å². The quantitative estimate of drug-likeness (QED) is 0.379. The summed E-state index contributed by atoms with van der Waals surface area (Å²) in [6.07, 6.45) is 3.83. The summed E-state index contributed by atoms with van der Waals surface area (Å²) in [5.41, 5.74) is 2.22. The maximum atomic E-state index is 14.8. The Balaban J connectivity index is 1.11. The van der Waals surface area contributed by atoms with E-state index < -0.39 is 17.7 Å². The van der Waals surface area contributed by atoms with E-state index in [-0.39, 0.29) is 28.5 Å². The molecular weight excluding hydrogens is 615 g/mol. The van der Waals surface area contributed by atoms with E-state index in [9.17, 15) is 18.8 Å². The van der Waals surface area contributed by atoms with Gasteiger partial charge in [0.25, 0.3) is 0 Å². The number of halogens is 1. The summed E-state index contributed by atoms with van der Waals surface area (Å²) in [6.45, 7) is 14.2. The van der Waals surface area contributed by atoms with Crippen LogP contribution in [0.1, 0.15) is 63.0 Å². The molecule has 0 saturated heterocycles. The highest BCUT2D eigenvalue weighted by atomic mass is 19.1. The zero-order chi connectivity index (χ0) is 34.0. The van der Waals surface area contributed by atoms with Crippen molar-refractivity contribution in [3.8, 4) is 11.5 Å². The molecule has 10 rings (SSSR count). The molecule has 254 valence electrons. The number of nitrogens with zero attached hydrogens (tertiary/aromatic N) is 6. The summed E-state index contributed by atoms with van der Waals surface area (Å²) in [5.74, 6) is 2.94. The van der Waals surface area contributed by atoms with Gasteiger partial charge in [0.15, 0.2) is 0 Å².